The summed E-state index contributed by atoms with van der Waals surface area (Å²) < 4.78 is 34.2. The predicted molar refractivity (Wildman–Crippen MR) is 242 cm³/mol. The number of likely N-dealkylation sites (N-methyl/N-ethyl adjacent to an activating group) is 1. The number of quaternary nitrogens is 1. The number of carbonyl (C=O) groups is 2. The highest BCUT2D eigenvalue weighted by atomic mass is 31.2. The molecule has 0 aliphatic heterocycles. The summed E-state index contributed by atoms with van der Waals surface area (Å²) in [5.41, 5.74) is 0. The largest absolute Gasteiger partial charge is 0.472 e. The third kappa shape index (κ3) is 42.5. The maximum atomic E-state index is 12.7. The minimum atomic E-state index is -4.40. The van der Waals surface area contributed by atoms with Crippen LogP contribution in [0.1, 0.15) is 142 Å². The molecule has 0 aliphatic rings. The van der Waals surface area contributed by atoms with E-state index in [0.717, 1.165) is 77.0 Å². The van der Waals surface area contributed by atoms with Gasteiger partial charge in [-0.2, -0.15) is 0 Å². The molecule has 9 nitrogen and oxygen atoms in total. The van der Waals surface area contributed by atoms with E-state index in [9.17, 15) is 19.0 Å². The van der Waals surface area contributed by atoms with Gasteiger partial charge < -0.3 is 18.9 Å². The summed E-state index contributed by atoms with van der Waals surface area (Å²) in [5, 5.41) is 0. The Hall–Kier alpha value is -3.07. The van der Waals surface area contributed by atoms with Gasteiger partial charge in [-0.3, -0.25) is 18.6 Å². The molecule has 0 amide bonds. The van der Waals surface area contributed by atoms with E-state index in [1.54, 1.807) is 0 Å². The van der Waals surface area contributed by atoms with E-state index in [2.05, 4.69) is 80.7 Å². The van der Waals surface area contributed by atoms with Crippen LogP contribution in [0.5, 0.6) is 0 Å². The van der Waals surface area contributed by atoms with Crippen molar-refractivity contribution in [3.05, 3.63) is 97.2 Å². The van der Waals surface area contributed by atoms with Gasteiger partial charge in [0.05, 0.1) is 27.7 Å². The first-order valence-corrected chi connectivity index (χ1v) is 23.5. The topological polar surface area (TPSA) is 108 Å². The Kier molecular flexibility index (Phi) is 37.3. The molecule has 10 heteroatoms. The summed E-state index contributed by atoms with van der Waals surface area (Å²) >= 11 is 0. The molecule has 0 aromatic rings. The molecule has 0 aliphatic carbocycles. The second-order valence-corrected chi connectivity index (χ2v) is 16.9. The average Bonchev–Trinajstić information content (AvgIpc) is 3.17. The zero-order valence-electron chi connectivity index (χ0n) is 37.0. The van der Waals surface area contributed by atoms with Gasteiger partial charge in [-0.1, -0.05) is 150 Å². The second-order valence-electron chi connectivity index (χ2n) is 15.4. The van der Waals surface area contributed by atoms with Gasteiger partial charge in [-0.15, -0.1) is 0 Å². The highest BCUT2D eigenvalue weighted by Gasteiger charge is 2.27. The van der Waals surface area contributed by atoms with Crippen LogP contribution in [0.2, 0.25) is 0 Å². The van der Waals surface area contributed by atoms with E-state index in [0.29, 0.717) is 23.9 Å². The maximum absolute atomic E-state index is 12.7. The summed E-state index contributed by atoms with van der Waals surface area (Å²) in [5.74, 6) is -0.873. The number of rotatable bonds is 38. The van der Waals surface area contributed by atoms with Crippen LogP contribution in [-0.4, -0.2) is 74.9 Å². The van der Waals surface area contributed by atoms with Crippen LogP contribution in [0, 0.1) is 0 Å². The van der Waals surface area contributed by atoms with Crippen LogP contribution in [0.4, 0.5) is 0 Å². The standard InChI is InChI=1S/C48H80NO8P/c1-6-8-10-12-14-16-18-20-22-23-24-25-27-29-31-33-35-37-39-41-48(51)57-46(45-56-58(52,53)55-43-42-49(3,4)5)44-54-47(50)40-38-36-34-32-30-28-26-21-19-17-15-13-11-9-7-2/h9,11,13-17,19-22,24-26,29,31,46H,6-8,10,12,18,23,27-28,30,32-45H2,1-5H3/p+1/b11-9+,15-13+,16-14+,19-17+,22-20+,25-24+,26-21+,31-29+/t46-/m1/s1. The lowest BCUT2D eigenvalue weighted by Gasteiger charge is -2.24. The first-order chi connectivity index (χ1) is 28.0. The quantitative estimate of drug-likeness (QED) is 0.0164. The molecular weight excluding hydrogens is 750 g/mol. The summed E-state index contributed by atoms with van der Waals surface area (Å²) in [7, 11) is 1.42. The lowest BCUT2D eigenvalue weighted by atomic mass is 10.1. The summed E-state index contributed by atoms with van der Waals surface area (Å²) in [4.78, 5) is 35.4. The molecule has 0 aromatic heterocycles. The highest BCUT2D eigenvalue weighted by molar-refractivity contribution is 7.47. The molecule has 0 aromatic carbocycles. The van der Waals surface area contributed by atoms with Crippen molar-refractivity contribution in [2.75, 3.05) is 47.5 Å². The van der Waals surface area contributed by atoms with Crippen LogP contribution < -0.4 is 0 Å². The second kappa shape index (κ2) is 39.4. The number of phosphoric ester groups is 1. The molecule has 0 radical (unpaired) electrons. The lowest BCUT2D eigenvalue weighted by Crippen LogP contribution is -2.37. The van der Waals surface area contributed by atoms with Gasteiger partial charge in [0.25, 0.3) is 0 Å². The van der Waals surface area contributed by atoms with E-state index in [1.807, 2.05) is 51.5 Å². The van der Waals surface area contributed by atoms with Crippen molar-refractivity contribution in [3.63, 3.8) is 0 Å². The van der Waals surface area contributed by atoms with Gasteiger partial charge in [-0.25, -0.2) is 4.57 Å². The van der Waals surface area contributed by atoms with Gasteiger partial charge in [0, 0.05) is 12.8 Å². The van der Waals surface area contributed by atoms with E-state index >= 15 is 0 Å². The number of ether oxygens (including phenoxy) is 2. The van der Waals surface area contributed by atoms with Gasteiger partial charge >= 0.3 is 19.8 Å². The molecule has 0 saturated carbocycles. The molecule has 2 atom stereocenters. The number of allylic oxidation sites excluding steroid dienone is 16. The van der Waals surface area contributed by atoms with Crippen molar-refractivity contribution in [2.24, 2.45) is 0 Å². The Bertz CT molecular complexity index is 1300. The number of hydrogen-bond donors (Lipinski definition) is 1. The molecule has 0 fully saturated rings. The van der Waals surface area contributed by atoms with Crippen molar-refractivity contribution in [3.8, 4) is 0 Å². The molecule has 58 heavy (non-hydrogen) atoms. The molecule has 330 valence electrons. The maximum Gasteiger partial charge on any atom is 0.472 e. The fraction of sp³-hybridized carbons (Fsp3) is 0.625. The third-order valence-corrected chi connectivity index (χ3v) is 9.68. The first kappa shape index (κ1) is 54.9. The fourth-order valence-electron chi connectivity index (χ4n) is 5.24. The number of nitrogens with zero attached hydrogens (tertiary/aromatic N) is 1. The predicted octanol–water partition coefficient (Wildman–Crippen LogP) is 12.6. The van der Waals surface area contributed by atoms with Crippen LogP contribution in [-0.2, 0) is 32.7 Å². The Balaban J connectivity index is 4.49. The number of esters is 2. The van der Waals surface area contributed by atoms with Crippen molar-refractivity contribution in [2.45, 2.75) is 148 Å². The molecule has 1 unspecified atom stereocenters. The van der Waals surface area contributed by atoms with E-state index < -0.39 is 32.5 Å². The lowest BCUT2D eigenvalue weighted by molar-refractivity contribution is -0.870. The van der Waals surface area contributed by atoms with Gasteiger partial charge in [0.1, 0.15) is 19.8 Å². The molecule has 0 spiro atoms. The summed E-state index contributed by atoms with van der Waals surface area (Å²) in [6.07, 6.45) is 51.7. The van der Waals surface area contributed by atoms with E-state index in [-0.39, 0.29) is 26.1 Å². The Morgan fingerprint density at radius 1 is 0.569 bits per heavy atom. The van der Waals surface area contributed by atoms with Gasteiger partial charge in [0.2, 0.25) is 0 Å². The van der Waals surface area contributed by atoms with Gasteiger partial charge in [0.15, 0.2) is 6.10 Å². The first-order valence-electron chi connectivity index (χ1n) is 22.0. The minimum Gasteiger partial charge on any atom is -0.462 e. The van der Waals surface area contributed by atoms with Crippen molar-refractivity contribution in [1.82, 2.24) is 0 Å². The van der Waals surface area contributed by atoms with E-state index in [1.165, 1.54) is 25.7 Å². The fourth-order valence-corrected chi connectivity index (χ4v) is 5.98. The van der Waals surface area contributed by atoms with Crippen LogP contribution >= 0.6 is 7.82 Å². The monoisotopic (exact) mass is 831 g/mol. The molecule has 0 heterocycles. The Morgan fingerprint density at radius 2 is 1.05 bits per heavy atom. The summed E-state index contributed by atoms with van der Waals surface area (Å²) in [6, 6.07) is 0. The average molecular weight is 831 g/mol. The van der Waals surface area contributed by atoms with Gasteiger partial charge in [-0.05, 0) is 77.0 Å². The zero-order valence-corrected chi connectivity index (χ0v) is 37.9. The Morgan fingerprint density at radius 3 is 1.64 bits per heavy atom. The number of hydrogen-bond acceptors (Lipinski definition) is 7. The smallest absolute Gasteiger partial charge is 0.462 e. The van der Waals surface area contributed by atoms with Crippen molar-refractivity contribution < 1.29 is 42.1 Å². The number of unbranched alkanes of at least 4 members (excludes halogenated alkanes) is 11. The molecule has 0 bridgehead atoms. The zero-order chi connectivity index (χ0) is 42.8. The van der Waals surface area contributed by atoms with Crippen LogP contribution in [0.15, 0.2) is 97.2 Å². The highest BCUT2D eigenvalue weighted by Crippen LogP contribution is 2.43. The minimum absolute atomic E-state index is 0.0149. The normalized spacial score (nSPS) is 14.5. The summed E-state index contributed by atoms with van der Waals surface area (Å²) in [6.45, 7) is 4.16. The molecular formula is C48H81NO8P+. The number of phosphoric acid groups is 1. The molecule has 0 saturated heterocycles. The molecule has 0 rings (SSSR count). The SMILES string of the molecule is CC/C=C/C=C/C=C/C=C/CCCCCCCC(=O)OC[C@H](COP(=O)(O)OCC[N+](C)(C)C)OC(=O)CCCCC/C=C/C/C=C/C/C=C/C/C=C/CCCCC. The Labute approximate surface area is 353 Å². The van der Waals surface area contributed by atoms with Crippen molar-refractivity contribution in [1.29, 1.82) is 0 Å². The van der Waals surface area contributed by atoms with Crippen LogP contribution in [0.3, 0.4) is 0 Å². The third-order valence-electron chi connectivity index (χ3n) is 8.69. The van der Waals surface area contributed by atoms with Crippen LogP contribution in [0.25, 0.3) is 0 Å². The van der Waals surface area contributed by atoms with Crippen molar-refractivity contribution >= 4 is 19.8 Å². The van der Waals surface area contributed by atoms with E-state index in [4.69, 9.17) is 18.5 Å². The molecule has 1 N–H and O–H groups in total. The number of carbonyl (C=O) groups excluding carboxylic acids is 2.